The maximum Gasteiger partial charge on any atom is 0.418 e. The molecule has 0 heterocycles. The van der Waals surface area contributed by atoms with Crippen LogP contribution in [0.15, 0.2) is 48.5 Å². The maximum atomic E-state index is 12.9. The summed E-state index contributed by atoms with van der Waals surface area (Å²) in [6.45, 7) is 2.99. The van der Waals surface area contributed by atoms with Gasteiger partial charge in [0.15, 0.2) is 0 Å². The van der Waals surface area contributed by atoms with Crippen LogP contribution in [-0.2, 0) is 17.5 Å². The molecule has 0 aliphatic carbocycles. The van der Waals surface area contributed by atoms with E-state index < -0.39 is 17.6 Å². The van der Waals surface area contributed by atoms with Gasteiger partial charge in [-0.2, -0.15) is 13.2 Å². The van der Waals surface area contributed by atoms with Crippen LogP contribution < -0.4 is 10.6 Å². The maximum absolute atomic E-state index is 12.9. The van der Waals surface area contributed by atoms with Gasteiger partial charge in [0.1, 0.15) is 0 Å². The van der Waals surface area contributed by atoms with Gasteiger partial charge in [-0.25, -0.2) is 0 Å². The number of alkyl halides is 3. The average Bonchev–Trinajstić information content (AvgIpc) is 2.53. The van der Waals surface area contributed by atoms with Crippen molar-refractivity contribution < 1.29 is 18.0 Å². The Balaban J connectivity index is 1.81. The highest BCUT2D eigenvalue weighted by atomic mass is 19.4. The van der Waals surface area contributed by atoms with Crippen molar-refractivity contribution in [2.45, 2.75) is 26.1 Å². The SMILES string of the molecule is Cc1ccc(CNCCC(=O)Nc2ccccc2C(F)(F)F)cc1. The predicted molar refractivity (Wildman–Crippen MR) is 87.6 cm³/mol. The molecule has 0 aliphatic rings. The summed E-state index contributed by atoms with van der Waals surface area (Å²) in [6, 6.07) is 12.9. The number of nitrogens with one attached hydrogen (secondary N) is 2. The molecule has 128 valence electrons. The number of hydrogen-bond acceptors (Lipinski definition) is 2. The summed E-state index contributed by atoms with van der Waals surface area (Å²) in [4.78, 5) is 11.8. The van der Waals surface area contributed by atoms with Gasteiger partial charge in [-0.3, -0.25) is 4.79 Å². The molecular formula is C18H19F3N2O. The first-order chi connectivity index (χ1) is 11.4. The van der Waals surface area contributed by atoms with E-state index in [-0.39, 0.29) is 12.1 Å². The number of carbonyl (C=O) groups is 1. The Bertz CT molecular complexity index is 681. The van der Waals surface area contributed by atoms with Gasteiger partial charge in [0.25, 0.3) is 0 Å². The first kappa shape index (κ1) is 18.0. The Morgan fingerprint density at radius 2 is 1.71 bits per heavy atom. The number of aryl methyl sites for hydroxylation is 1. The number of carbonyl (C=O) groups excluding carboxylic acids is 1. The van der Waals surface area contributed by atoms with Gasteiger partial charge in [0, 0.05) is 19.5 Å². The van der Waals surface area contributed by atoms with Crippen LogP contribution in [0.25, 0.3) is 0 Å². The molecule has 6 heteroatoms. The lowest BCUT2D eigenvalue weighted by Gasteiger charge is -2.13. The van der Waals surface area contributed by atoms with E-state index >= 15 is 0 Å². The summed E-state index contributed by atoms with van der Waals surface area (Å²) in [5.41, 5.74) is 1.20. The molecule has 2 aromatic rings. The third-order valence-corrected chi connectivity index (χ3v) is 3.49. The fraction of sp³-hybridized carbons (Fsp3) is 0.278. The van der Waals surface area contributed by atoms with Crippen molar-refractivity contribution in [2.75, 3.05) is 11.9 Å². The zero-order valence-electron chi connectivity index (χ0n) is 13.3. The summed E-state index contributed by atoms with van der Waals surface area (Å²) in [5.74, 6) is -0.455. The molecule has 0 spiro atoms. The summed E-state index contributed by atoms with van der Waals surface area (Å²) in [5, 5.41) is 5.42. The van der Waals surface area contributed by atoms with Gasteiger partial charge in [-0.05, 0) is 24.6 Å². The summed E-state index contributed by atoms with van der Waals surface area (Å²) >= 11 is 0. The topological polar surface area (TPSA) is 41.1 Å². The number of para-hydroxylation sites is 1. The molecule has 24 heavy (non-hydrogen) atoms. The van der Waals surface area contributed by atoms with Crippen LogP contribution in [0.1, 0.15) is 23.1 Å². The molecule has 3 nitrogen and oxygen atoms in total. The molecule has 2 N–H and O–H groups in total. The first-order valence-electron chi connectivity index (χ1n) is 7.58. The van der Waals surface area contributed by atoms with Crippen molar-refractivity contribution >= 4 is 11.6 Å². The minimum absolute atomic E-state index is 0.0953. The molecule has 0 saturated carbocycles. The zero-order chi connectivity index (χ0) is 17.6. The molecule has 0 fully saturated rings. The van der Waals surface area contributed by atoms with Crippen molar-refractivity contribution in [2.24, 2.45) is 0 Å². The van der Waals surface area contributed by atoms with Crippen molar-refractivity contribution in [1.82, 2.24) is 5.32 Å². The van der Waals surface area contributed by atoms with Crippen molar-refractivity contribution in [3.8, 4) is 0 Å². The summed E-state index contributed by atoms with van der Waals surface area (Å²) < 4.78 is 38.6. The minimum atomic E-state index is -4.49. The molecule has 0 bridgehead atoms. The minimum Gasteiger partial charge on any atom is -0.325 e. The van der Waals surface area contributed by atoms with Gasteiger partial charge < -0.3 is 10.6 Å². The van der Waals surface area contributed by atoms with E-state index in [0.717, 1.165) is 11.6 Å². The number of halogens is 3. The fourth-order valence-electron chi connectivity index (χ4n) is 2.19. The Morgan fingerprint density at radius 1 is 1.04 bits per heavy atom. The van der Waals surface area contributed by atoms with E-state index in [1.165, 1.54) is 23.8 Å². The fourth-order valence-corrected chi connectivity index (χ4v) is 2.19. The average molecular weight is 336 g/mol. The highest BCUT2D eigenvalue weighted by Crippen LogP contribution is 2.34. The molecule has 2 rings (SSSR count). The van der Waals surface area contributed by atoms with Crippen LogP contribution in [0.2, 0.25) is 0 Å². The highest BCUT2D eigenvalue weighted by Gasteiger charge is 2.33. The quantitative estimate of drug-likeness (QED) is 0.779. The lowest BCUT2D eigenvalue weighted by Crippen LogP contribution is -2.22. The summed E-state index contributed by atoms with van der Waals surface area (Å²) in [7, 11) is 0. The number of benzene rings is 2. The molecule has 0 unspecified atom stereocenters. The molecule has 0 aliphatic heterocycles. The van der Waals surface area contributed by atoms with Crippen LogP contribution in [0.4, 0.5) is 18.9 Å². The van der Waals surface area contributed by atoms with Crippen LogP contribution >= 0.6 is 0 Å². The monoisotopic (exact) mass is 336 g/mol. The van der Waals surface area contributed by atoms with Gasteiger partial charge in [0.05, 0.1) is 11.3 Å². The van der Waals surface area contributed by atoms with Gasteiger partial charge in [-0.15, -0.1) is 0 Å². The highest BCUT2D eigenvalue weighted by molar-refractivity contribution is 5.91. The normalized spacial score (nSPS) is 11.3. The molecule has 0 saturated heterocycles. The number of hydrogen-bond donors (Lipinski definition) is 2. The molecule has 0 aromatic heterocycles. The Labute approximate surface area is 138 Å². The van der Waals surface area contributed by atoms with Crippen LogP contribution in [-0.4, -0.2) is 12.5 Å². The van der Waals surface area contributed by atoms with E-state index in [1.807, 2.05) is 31.2 Å². The number of rotatable bonds is 6. The number of amides is 1. The molecule has 0 atom stereocenters. The second kappa shape index (κ2) is 7.97. The van der Waals surface area contributed by atoms with E-state index in [9.17, 15) is 18.0 Å². The Kier molecular flexibility index (Phi) is 5.98. The lowest BCUT2D eigenvalue weighted by molar-refractivity contribution is -0.137. The largest absolute Gasteiger partial charge is 0.418 e. The second-order valence-electron chi connectivity index (χ2n) is 5.50. The second-order valence-corrected chi connectivity index (χ2v) is 5.50. The van der Waals surface area contributed by atoms with Crippen molar-refractivity contribution in [3.05, 3.63) is 65.2 Å². The third-order valence-electron chi connectivity index (χ3n) is 3.49. The first-order valence-corrected chi connectivity index (χ1v) is 7.58. The van der Waals surface area contributed by atoms with Crippen LogP contribution in [0.3, 0.4) is 0 Å². The van der Waals surface area contributed by atoms with Crippen LogP contribution in [0, 0.1) is 6.92 Å². The van der Waals surface area contributed by atoms with Gasteiger partial charge in [0.2, 0.25) is 5.91 Å². The molecule has 1 amide bonds. The van der Waals surface area contributed by atoms with E-state index in [1.54, 1.807) is 0 Å². The van der Waals surface area contributed by atoms with E-state index in [4.69, 9.17) is 0 Å². The van der Waals surface area contributed by atoms with E-state index in [0.29, 0.717) is 13.1 Å². The molecular weight excluding hydrogens is 317 g/mol. The van der Waals surface area contributed by atoms with E-state index in [2.05, 4.69) is 10.6 Å². The predicted octanol–water partition coefficient (Wildman–Crippen LogP) is 4.13. The van der Waals surface area contributed by atoms with Crippen molar-refractivity contribution in [1.29, 1.82) is 0 Å². The Hall–Kier alpha value is -2.34. The van der Waals surface area contributed by atoms with Gasteiger partial charge >= 0.3 is 6.18 Å². The Morgan fingerprint density at radius 3 is 2.38 bits per heavy atom. The lowest BCUT2D eigenvalue weighted by atomic mass is 10.1. The zero-order valence-corrected chi connectivity index (χ0v) is 13.3. The molecule has 0 radical (unpaired) electrons. The van der Waals surface area contributed by atoms with Crippen molar-refractivity contribution in [3.63, 3.8) is 0 Å². The summed E-state index contributed by atoms with van der Waals surface area (Å²) in [6.07, 6.45) is -4.40. The van der Waals surface area contributed by atoms with Gasteiger partial charge in [-0.1, -0.05) is 42.0 Å². The smallest absolute Gasteiger partial charge is 0.325 e. The molecule has 2 aromatic carbocycles. The number of anilines is 1. The standard InChI is InChI=1S/C18H19F3N2O/c1-13-6-8-14(9-7-13)12-22-11-10-17(24)23-16-5-3-2-4-15(16)18(19,20)21/h2-9,22H,10-12H2,1H3,(H,23,24). The van der Waals surface area contributed by atoms with Crippen LogP contribution in [0.5, 0.6) is 0 Å². The third kappa shape index (κ3) is 5.38.